The van der Waals surface area contributed by atoms with Crippen LogP contribution >= 0.6 is 0 Å². The Bertz CT molecular complexity index is 253. The van der Waals surface area contributed by atoms with E-state index in [1.54, 1.807) is 0 Å². The van der Waals surface area contributed by atoms with Crippen LogP contribution in [0.15, 0.2) is 0 Å². The summed E-state index contributed by atoms with van der Waals surface area (Å²) in [6.07, 6.45) is 2.72. The number of rotatable bonds is 9. The van der Waals surface area contributed by atoms with Crippen LogP contribution < -0.4 is 5.73 Å². The monoisotopic (exact) mass is 259 g/mol. The highest BCUT2D eigenvalue weighted by Crippen LogP contribution is 2.23. The van der Waals surface area contributed by atoms with Crippen LogP contribution in [0.3, 0.4) is 0 Å². The molecule has 0 heterocycles. The second-order valence-electron chi connectivity index (χ2n) is 5.53. The summed E-state index contributed by atoms with van der Waals surface area (Å²) >= 11 is 0. The van der Waals surface area contributed by atoms with Crippen molar-refractivity contribution < 1.29 is 14.3 Å². The van der Waals surface area contributed by atoms with Crippen molar-refractivity contribution in [3.63, 3.8) is 0 Å². The summed E-state index contributed by atoms with van der Waals surface area (Å²) in [6, 6.07) is 0. The quantitative estimate of drug-likeness (QED) is 0.647. The average molecular weight is 259 g/mol. The minimum Gasteiger partial charge on any atom is -0.459 e. The van der Waals surface area contributed by atoms with Gasteiger partial charge in [0.2, 0.25) is 0 Å². The van der Waals surface area contributed by atoms with Gasteiger partial charge in [-0.2, -0.15) is 0 Å². The molecule has 1 unspecified atom stereocenters. The van der Waals surface area contributed by atoms with Crippen LogP contribution in [0.1, 0.15) is 60.3 Å². The normalized spacial score (nSPS) is 15.2. The summed E-state index contributed by atoms with van der Waals surface area (Å²) in [7, 11) is 0. The van der Waals surface area contributed by atoms with Crippen LogP contribution in [0.25, 0.3) is 0 Å². The fraction of sp³-hybridized carbons (Fsp3) is 0.929. The molecule has 1 atom stereocenters. The maximum absolute atomic E-state index is 11.5. The van der Waals surface area contributed by atoms with Crippen LogP contribution in [-0.2, 0) is 14.3 Å². The molecule has 0 aromatic heterocycles. The van der Waals surface area contributed by atoms with Gasteiger partial charge in [-0.15, -0.1) is 0 Å². The Morgan fingerprint density at radius 1 is 1.17 bits per heavy atom. The van der Waals surface area contributed by atoms with Crippen LogP contribution in [-0.4, -0.2) is 30.3 Å². The van der Waals surface area contributed by atoms with Gasteiger partial charge < -0.3 is 15.2 Å². The summed E-state index contributed by atoms with van der Waals surface area (Å²) in [5.74, 6) is -0.225. The fourth-order valence-electron chi connectivity index (χ4n) is 1.39. The Kier molecular flexibility index (Phi) is 7.48. The third-order valence-electron chi connectivity index (χ3n) is 3.43. The summed E-state index contributed by atoms with van der Waals surface area (Å²) in [6.45, 7) is 11.1. The van der Waals surface area contributed by atoms with E-state index in [1.165, 1.54) is 0 Å². The lowest BCUT2D eigenvalue weighted by Crippen LogP contribution is -2.35. The molecule has 0 aliphatic rings. The number of esters is 1. The van der Waals surface area contributed by atoms with Gasteiger partial charge in [-0.1, -0.05) is 13.8 Å². The number of hydrogen-bond donors (Lipinski definition) is 1. The lowest BCUT2D eigenvalue weighted by atomic mass is 9.99. The number of carbonyl (C=O) groups excluding carboxylic acids is 1. The molecule has 0 spiro atoms. The molecular formula is C14H29NO3. The Hall–Kier alpha value is -0.610. The largest absolute Gasteiger partial charge is 0.459 e. The second-order valence-corrected chi connectivity index (χ2v) is 5.53. The van der Waals surface area contributed by atoms with E-state index in [9.17, 15) is 4.79 Å². The highest BCUT2D eigenvalue weighted by molar-refractivity contribution is 5.70. The van der Waals surface area contributed by atoms with Crippen LogP contribution in [0, 0.1) is 0 Å². The van der Waals surface area contributed by atoms with Crippen molar-refractivity contribution >= 4 is 5.97 Å². The zero-order valence-corrected chi connectivity index (χ0v) is 12.5. The number of nitrogens with two attached hydrogens (primary N) is 1. The molecule has 0 amide bonds. The topological polar surface area (TPSA) is 61.5 Å². The first-order valence-electron chi connectivity index (χ1n) is 6.84. The van der Waals surface area contributed by atoms with E-state index >= 15 is 0 Å². The molecule has 0 rings (SSSR count). The van der Waals surface area contributed by atoms with Crippen LogP contribution in [0.5, 0.6) is 0 Å². The highest BCUT2D eigenvalue weighted by atomic mass is 16.6. The van der Waals surface area contributed by atoms with Crippen molar-refractivity contribution in [1.29, 1.82) is 0 Å². The lowest BCUT2D eigenvalue weighted by Gasteiger charge is -2.31. The number of ether oxygens (including phenoxy) is 2. The van der Waals surface area contributed by atoms with Gasteiger partial charge in [-0.3, -0.25) is 4.79 Å². The molecule has 4 nitrogen and oxygen atoms in total. The smallest absolute Gasteiger partial charge is 0.307 e. The lowest BCUT2D eigenvalue weighted by molar-refractivity contribution is -0.161. The standard InChI is InChI=1S/C14H29NO3/c1-6-13(3,4)17-11-9-14(5,7-2)18-12(16)8-10-15/h6-11,15H2,1-5H3. The van der Waals surface area contributed by atoms with E-state index in [1.807, 2.05) is 13.8 Å². The molecule has 0 aliphatic carbocycles. The molecule has 0 aliphatic heterocycles. The van der Waals surface area contributed by atoms with Gasteiger partial charge in [0.1, 0.15) is 5.60 Å². The van der Waals surface area contributed by atoms with Gasteiger partial charge in [0.25, 0.3) is 0 Å². The molecular weight excluding hydrogens is 230 g/mol. The first kappa shape index (κ1) is 17.4. The Morgan fingerprint density at radius 3 is 2.22 bits per heavy atom. The fourth-order valence-corrected chi connectivity index (χ4v) is 1.39. The minimum absolute atomic E-state index is 0.115. The summed E-state index contributed by atoms with van der Waals surface area (Å²) in [5, 5.41) is 0. The van der Waals surface area contributed by atoms with Gasteiger partial charge in [0.05, 0.1) is 18.6 Å². The van der Waals surface area contributed by atoms with Gasteiger partial charge in [-0.25, -0.2) is 0 Å². The summed E-state index contributed by atoms with van der Waals surface area (Å²) < 4.78 is 11.3. The second kappa shape index (κ2) is 7.74. The molecule has 0 radical (unpaired) electrons. The molecule has 0 aromatic carbocycles. The molecule has 0 aromatic rings. The van der Waals surface area contributed by atoms with E-state index in [4.69, 9.17) is 15.2 Å². The van der Waals surface area contributed by atoms with Crippen molar-refractivity contribution in [3.8, 4) is 0 Å². The molecule has 4 heteroatoms. The van der Waals surface area contributed by atoms with Gasteiger partial charge in [0, 0.05) is 13.0 Å². The maximum Gasteiger partial charge on any atom is 0.307 e. The van der Waals surface area contributed by atoms with E-state index < -0.39 is 5.60 Å². The van der Waals surface area contributed by atoms with E-state index in [0.29, 0.717) is 19.6 Å². The molecule has 0 bridgehead atoms. The maximum atomic E-state index is 11.5. The molecule has 18 heavy (non-hydrogen) atoms. The van der Waals surface area contributed by atoms with Crippen molar-refractivity contribution in [1.82, 2.24) is 0 Å². The first-order valence-corrected chi connectivity index (χ1v) is 6.84. The zero-order chi connectivity index (χ0) is 14.2. The van der Waals surface area contributed by atoms with Gasteiger partial charge in [0.15, 0.2) is 0 Å². The Labute approximate surface area is 111 Å². The molecule has 0 fully saturated rings. The van der Waals surface area contributed by atoms with Crippen molar-refractivity contribution in [2.45, 2.75) is 71.5 Å². The van der Waals surface area contributed by atoms with Gasteiger partial charge >= 0.3 is 5.97 Å². The van der Waals surface area contributed by atoms with E-state index in [2.05, 4.69) is 20.8 Å². The summed E-state index contributed by atoms with van der Waals surface area (Å²) in [4.78, 5) is 11.5. The Morgan fingerprint density at radius 2 is 1.78 bits per heavy atom. The van der Waals surface area contributed by atoms with E-state index in [0.717, 1.165) is 12.8 Å². The third-order valence-corrected chi connectivity index (χ3v) is 3.43. The molecule has 0 saturated heterocycles. The predicted octanol–water partition coefficient (Wildman–Crippen LogP) is 2.64. The highest BCUT2D eigenvalue weighted by Gasteiger charge is 2.27. The molecule has 2 N–H and O–H groups in total. The van der Waals surface area contributed by atoms with Gasteiger partial charge in [-0.05, 0) is 33.6 Å². The first-order chi connectivity index (χ1) is 8.28. The Balaban J connectivity index is 4.19. The predicted molar refractivity (Wildman–Crippen MR) is 73.4 cm³/mol. The van der Waals surface area contributed by atoms with Crippen molar-refractivity contribution in [3.05, 3.63) is 0 Å². The number of carbonyl (C=O) groups is 1. The number of hydrogen-bond acceptors (Lipinski definition) is 4. The average Bonchev–Trinajstić information content (AvgIpc) is 2.29. The van der Waals surface area contributed by atoms with Crippen LogP contribution in [0.2, 0.25) is 0 Å². The van der Waals surface area contributed by atoms with Crippen molar-refractivity contribution in [2.24, 2.45) is 5.73 Å². The molecule has 108 valence electrons. The minimum atomic E-state index is -0.448. The SMILES string of the molecule is CCC(C)(C)OCCC(C)(CC)OC(=O)CCN. The zero-order valence-electron chi connectivity index (χ0n) is 12.5. The summed E-state index contributed by atoms with van der Waals surface area (Å²) in [5.41, 5.74) is 4.78. The van der Waals surface area contributed by atoms with Crippen LogP contribution in [0.4, 0.5) is 0 Å². The van der Waals surface area contributed by atoms with Crippen molar-refractivity contribution in [2.75, 3.05) is 13.2 Å². The van der Waals surface area contributed by atoms with E-state index in [-0.39, 0.29) is 18.0 Å². The third kappa shape index (κ3) is 6.97. The molecule has 0 saturated carbocycles.